The van der Waals surface area contributed by atoms with E-state index >= 15 is 0 Å². The highest BCUT2D eigenvalue weighted by atomic mass is 79.9. The van der Waals surface area contributed by atoms with E-state index < -0.39 is 0 Å². The molecule has 2 aromatic rings. The Morgan fingerprint density at radius 3 is 2.52 bits per heavy atom. The number of ether oxygens (including phenoxy) is 2. The predicted molar refractivity (Wildman–Crippen MR) is 91.1 cm³/mol. The normalized spacial score (nSPS) is 11.5. The first-order valence-corrected chi connectivity index (χ1v) is 7.74. The molecule has 0 aromatic heterocycles. The van der Waals surface area contributed by atoms with Crippen molar-refractivity contribution >= 4 is 33.1 Å². The Hall–Kier alpha value is -1.29. The summed E-state index contributed by atoms with van der Waals surface area (Å²) in [7, 11) is 1.61. The van der Waals surface area contributed by atoms with Crippen molar-refractivity contribution in [2.24, 2.45) is 0 Å². The van der Waals surface area contributed by atoms with Gasteiger partial charge in [0.1, 0.15) is 5.75 Å². The summed E-state index contributed by atoms with van der Waals surface area (Å²) >= 11 is 9.41. The van der Waals surface area contributed by atoms with E-state index in [1.54, 1.807) is 7.11 Å². The molecular weight excluding hydrogens is 352 g/mol. The molecule has 0 saturated carbocycles. The van der Waals surface area contributed by atoms with Gasteiger partial charge in [0.2, 0.25) is 0 Å². The highest BCUT2D eigenvalue weighted by Gasteiger charge is 2.11. The molecule has 2 aromatic carbocycles. The van der Waals surface area contributed by atoms with Gasteiger partial charge >= 0.3 is 0 Å². The molecule has 0 aliphatic carbocycles. The van der Waals surface area contributed by atoms with Gasteiger partial charge in [-0.05, 0) is 47.3 Å². The Kier molecular flexibility index (Phi) is 5.85. The van der Waals surface area contributed by atoms with Crippen LogP contribution in [0, 0.1) is 6.92 Å². The highest BCUT2D eigenvalue weighted by Crippen LogP contribution is 2.33. The van der Waals surface area contributed by atoms with Crippen LogP contribution in [0.5, 0.6) is 5.75 Å². The van der Waals surface area contributed by atoms with Crippen LogP contribution >= 0.6 is 27.5 Å². The van der Waals surface area contributed by atoms with Gasteiger partial charge in [-0.25, -0.2) is 0 Å². The van der Waals surface area contributed by atoms with Crippen LogP contribution in [-0.2, 0) is 4.74 Å². The first-order chi connectivity index (χ1) is 10.2. The quantitative estimate of drug-likeness (QED) is 0.657. The molecule has 0 unspecified atom stereocenters. The largest absolute Gasteiger partial charge is 0.467 e. The summed E-state index contributed by atoms with van der Waals surface area (Å²) in [6.45, 7) is 2.27. The third-order valence-corrected chi connectivity index (χ3v) is 3.73. The Bertz CT molecular complexity index is 636. The van der Waals surface area contributed by atoms with Crippen LogP contribution in [0.2, 0.25) is 5.02 Å². The van der Waals surface area contributed by atoms with Crippen molar-refractivity contribution in [2.75, 3.05) is 13.9 Å². The number of hydrogen-bond donors (Lipinski definition) is 0. The second-order valence-corrected chi connectivity index (χ2v) is 5.47. The standard InChI is InChI=1S/C17H16BrClO2/c1-12-3-8-17(21-11-20-2)15(9-12)16(10-18)13-4-6-14(19)7-5-13/h3-10H,11H2,1-2H3. The van der Waals surface area contributed by atoms with Crippen molar-refractivity contribution in [3.8, 4) is 5.75 Å². The van der Waals surface area contributed by atoms with E-state index in [1.165, 1.54) is 0 Å². The molecule has 0 bridgehead atoms. The topological polar surface area (TPSA) is 18.5 Å². The van der Waals surface area contributed by atoms with Crippen LogP contribution in [0.1, 0.15) is 16.7 Å². The molecule has 0 heterocycles. The fourth-order valence-corrected chi connectivity index (χ4v) is 2.65. The van der Waals surface area contributed by atoms with Crippen molar-refractivity contribution in [1.82, 2.24) is 0 Å². The summed E-state index contributed by atoms with van der Waals surface area (Å²) in [6, 6.07) is 13.8. The summed E-state index contributed by atoms with van der Waals surface area (Å²) < 4.78 is 10.7. The second kappa shape index (κ2) is 7.64. The fraction of sp³-hybridized carbons (Fsp3) is 0.176. The van der Waals surface area contributed by atoms with Crippen LogP contribution in [0.3, 0.4) is 0 Å². The highest BCUT2D eigenvalue weighted by molar-refractivity contribution is 9.11. The molecule has 2 rings (SSSR count). The Morgan fingerprint density at radius 1 is 1.19 bits per heavy atom. The van der Waals surface area contributed by atoms with Crippen LogP contribution in [0.4, 0.5) is 0 Å². The van der Waals surface area contributed by atoms with Gasteiger partial charge in [0.25, 0.3) is 0 Å². The summed E-state index contributed by atoms with van der Waals surface area (Å²) in [5, 5.41) is 0.716. The van der Waals surface area contributed by atoms with Crippen molar-refractivity contribution in [1.29, 1.82) is 0 Å². The zero-order valence-corrected chi connectivity index (χ0v) is 14.2. The molecule has 2 nitrogen and oxygen atoms in total. The minimum absolute atomic E-state index is 0.215. The SMILES string of the molecule is COCOc1ccc(C)cc1C(=CBr)c1ccc(Cl)cc1. The molecule has 0 fully saturated rings. The third-order valence-electron chi connectivity index (χ3n) is 3.02. The molecule has 4 heteroatoms. The maximum atomic E-state index is 5.96. The van der Waals surface area contributed by atoms with Crippen molar-refractivity contribution in [3.05, 3.63) is 69.2 Å². The average molecular weight is 368 g/mol. The lowest BCUT2D eigenvalue weighted by atomic mass is 9.97. The third kappa shape index (κ3) is 4.10. The summed E-state index contributed by atoms with van der Waals surface area (Å²) in [5.74, 6) is 0.781. The van der Waals surface area contributed by atoms with Gasteiger partial charge in [0.15, 0.2) is 6.79 Å². The fourth-order valence-electron chi connectivity index (χ4n) is 2.01. The van der Waals surface area contributed by atoms with Gasteiger partial charge in [0.05, 0.1) is 0 Å². The monoisotopic (exact) mass is 366 g/mol. The lowest BCUT2D eigenvalue weighted by Crippen LogP contribution is -2.02. The molecule has 0 aliphatic rings. The van der Waals surface area contributed by atoms with Crippen molar-refractivity contribution in [2.45, 2.75) is 6.92 Å². The number of benzene rings is 2. The molecule has 21 heavy (non-hydrogen) atoms. The Morgan fingerprint density at radius 2 is 1.90 bits per heavy atom. The van der Waals surface area contributed by atoms with E-state index in [0.29, 0.717) is 5.02 Å². The molecule has 110 valence electrons. The maximum absolute atomic E-state index is 5.96. The molecule has 0 N–H and O–H groups in total. The van der Waals surface area contributed by atoms with Gasteiger partial charge in [-0.2, -0.15) is 0 Å². The van der Waals surface area contributed by atoms with Crippen molar-refractivity contribution < 1.29 is 9.47 Å². The Labute approximate surface area is 138 Å². The summed E-state index contributed by atoms with van der Waals surface area (Å²) in [4.78, 5) is 1.89. The van der Waals surface area contributed by atoms with Crippen LogP contribution in [-0.4, -0.2) is 13.9 Å². The van der Waals surface area contributed by atoms with Crippen molar-refractivity contribution in [3.63, 3.8) is 0 Å². The molecular formula is C17H16BrClO2. The van der Waals surface area contributed by atoms with E-state index in [4.69, 9.17) is 21.1 Å². The number of hydrogen-bond acceptors (Lipinski definition) is 2. The van der Waals surface area contributed by atoms with E-state index in [9.17, 15) is 0 Å². The van der Waals surface area contributed by atoms with E-state index in [1.807, 2.05) is 41.4 Å². The zero-order chi connectivity index (χ0) is 15.2. The van der Waals surface area contributed by atoms with Crippen LogP contribution < -0.4 is 4.74 Å². The first-order valence-electron chi connectivity index (χ1n) is 6.44. The summed E-state index contributed by atoms with van der Waals surface area (Å²) in [5.41, 5.74) is 4.26. The van der Waals surface area contributed by atoms with Crippen LogP contribution in [0.25, 0.3) is 5.57 Å². The van der Waals surface area contributed by atoms with E-state index in [0.717, 1.165) is 28.0 Å². The number of halogens is 2. The lowest BCUT2D eigenvalue weighted by molar-refractivity contribution is 0.0509. The molecule has 0 spiro atoms. The van der Waals surface area contributed by atoms with Crippen LogP contribution in [0.15, 0.2) is 47.4 Å². The van der Waals surface area contributed by atoms with Gasteiger partial charge in [-0.1, -0.05) is 51.3 Å². The molecule has 0 amide bonds. The van der Waals surface area contributed by atoms with E-state index in [2.05, 4.69) is 28.9 Å². The van der Waals surface area contributed by atoms with Gasteiger partial charge in [-0.15, -0.1) is 0 Å². The minimum Gasteiger partial charge on any atom is -0.467 e. The number of rotatable bonds is 5. The van der Waals surface area contributed by atoms with Gasteiger partial charge < -0.3 is 9.47 Å². The smallest absolute Gasteiger partial charge is 0.188 e. The average Bonchev–Trinajstić information content (AvgIpc) is 2.49. The minimum atomic E-state index is 0.215. The maximum Gasteiger partial charge on any atom is 0.188 e. The molecule has 0 atom stereocenters. The van der Waals surface area contributed by atoms with E-state index in [-0.39, 0.29) is 6.79 Å². The van der Waals surface area contributed by atoms with Gasteiger partial charge in [0, 0.05) is 17.7 Å². The predicted octanol–water partition coefficient (Wildman–Crippen LogP) is 5.42. The molecule has 0 radical (unpaired) electrons. The zero-order valence-electron chi connectivity index (χ0n) is 11.9. The van der Waals surface area contributed by atoms with Gasteiger partial charge in [-0.3, -0.25) is 0 Å². The number of aryl methyl sites for hydroxylation is 1. The molecule has 0 aliphatic heterocycles. The second-order valence-electron chi connectivity index (χ2n) is 4.58. The first kappa shape index (κ1) is 16.1. The lowest BCUT2D eigenvalue weighted by Gasteiger charge is -2.14. The summed E-state index contributed by atoms with van der Waals surface area (Å²) in [6.07, 6.45) is 0. The number of methoxy groups -OCH3 is 1. The molecule has 0 saturated heterocycles. The Balaban J connectivity index is 2.46.